The molecule has 1 heterocycles. The van der Waals surface area contributed by atoms with Crippen molar-refractivity contribution in [2.24, 2.45) is 0 Å². The quantitative estimate of drug-likeness (QED) is 0.243. The molecular formula is C33H31N2O3+. The highest BCUT2D eigenvalue weighted by atomic mass is 16.3. The molecule has 2 N–H and O–H groups in total. The van der Waals surface area contributed by atoms with Crippen molar-refractivity contribution in [2.75, 3.05) is 33.1 Å². The van der Waals surface area contributed by atoms with Crippen LogP contribution >= 0.6 is 0 Å². The van der Waals surface area contributed by atoms with Gasteiger partial charge in [0.15, 0.2) is 0 Å². The number of nitrogens with zero attached hydrogens (tertiary/aromatic N) is 2. The summed E-state index contributed by atoms with van der Waals surface area (Å²) in [5, 5.41) is 26.7. The molecule has 2 aliphatic rings. The van der Waals surface area contributed by atoms with E-state index >= 15 is 0 Å². The third-order valence-electron chi connectivity index (χ3n) is 7.57. The summed E-state index contributed by atoms with van der Waals surface area (Å²) in [7, 11) is 8.10. The van der Waals surface area contributed by atoms with Crippen LogP contribution in [-0.4, -0.2) is 38.4 Å². The van der Waals surface area contributed by atoms with Crippen molar-refractivity contribution in [1.82, 2.24) is 4.58 Å². The molecule has 190 valence electrons. The van der Waals surface area contributed by atoms with Crippen LogP contribution in [0.2, 0.25) is 0 Å². The number of rotatable bonds is 4. The molecule has 6 rings (SSSR count). The van der Waals surface area contributed by atoms with E-state index in [9.17, 15) is 10.2 Å². The molecule has 0 spiro atoms. The van der Waals surface area contributed by atoms with Crippen LogP contribution in [0.4, 0.5) is 5.69 Å². The van der Waals surface area contributed by atoms with Crippen LogP contribution in [0.3, 0.4) is 0 Å². The molecule has 0 saturated carbocycles. The molecule has 0 amide bonds. The zero-order valence-corrected chi connectivity index (χ0v) is 22.1. The number of aliphatic hydroxyl groups is 2. The third kappa shape index (κ3) is 3.74. The average Bonchev–Trinajstić information content (AvgIpc) is 2.93. The predicted molar refractivity (Wildman–Crippen MR) is 157 cm³/mol. The van der Waals surface area contributed by atoms with E-state index in [4.69, 9.17) is 4.42 Å². The molecule has 0 atom stereocenters. The number of aliphatic hydroxyl groups excluding tert-OH is 2. The lowest BCUT2D eigenvalue weighted by molar-refractivity contribution is 0.282. The fraction of sp³-hybridized carbons (Fsp3) is 0.182. The van der Waals surface area contributed by atoms with Gasteiger partial charge < -0.3 is 19.5 Å². The van der Waals surface area contributed by atoms with E-state index in [1.807, 2.05) is 52.5 Å². The molecule has 4 aromatic carbocycles. The van der Waals surface area contributed by atoms with Crippen molar-refractivity contribution in [3.63, 3.8) is 0 Å². The van der Waals surface area contributed by atoms with Gasteiger partial charge in [0.2, 0.25) is 5.36 Å². The molecule has 1 aliphatic heterocycles. The van der Waals surface area contributed by atoms with Gasteiger partial charge in [0.25, 0.3) is 0 Å². The maximum atomic E-state index is 10.5. The zero-order valence-electron chi connectivity index (χ0n) is 22.1. The highest BCUT2D eigenvalue weighted by molar-refractivity contribution is 6.09. The topological polar surface area (TPSA) is 59.9 Å². The number of benzene rings is 5. The Morgan fingerprint density at radius 3 is 2.03 bits per heavy atom. The summed E-state index contributed by atoms with van der Waals surface area (Å²) < 4.78 is 8.56. The van der Waals surface area contributed by atoms with Gasteiger partial charge in [-0.15, -0.1) is 0 Å². The molecule has 0 fully saturated rings. The van der Waals surface area contributed by atoms with Crippen LogP contribution in [-0.2, 0) is 13.2 Å². The maximum absolute atomic E-state index is 10.5. The fourth-order valence-corrected chi connectivity index (χ4v) is 5.59. The molecule has 0 bridgehead atoms. The van der Waals surface area contributed by atoms with Gasteiger partial charge in [-0.3, -0.25) is 0 Å². The van der Waals surface area contributed by atoms with Gasteiger partial charge in [-0.25, -0.2) is 4.58 Å². The highest BCUT2D eigenvalue weighted by Gasteiger charge is 2.20. The van der Waals surface area contributed by atoms with Gasteiger partial charge >= 0.3 is 0 Å². The normalized spacial score (nSPS) is 11.6. The van der Waals surface area contributed by atoms with Gasteiger partial charge in [-0.05, 0) is 62.5 Å². The van der Waals surface area contributed by atoms with E-state index in [-0.39, 0.29) is 13.2 Å². The maximum Gasteiger partial charge on any atom is 0.203 e. The molecule has 0 unspecified atom stereocenters. The predicted octanol–water partition coefficient (Wildman–Crippen LogP) is 5.59. The first kappa shape index (κ1) is 24.2. The Labute approximate surface area is 221 Å². The second-order valence-electron chi connectivity index (χ2n) is 10.2. The van der Waals surface area contributed by atoms with Gasteiger partial charge in [0, 0.05) is 48.4 Å². The number of anilines is 1. The minimum absolute atomic E-state index is 0.0707. The molecule has 1 aliphatic carbocycles. The number of hydrogen-bond donors (Lipinski definition) is 2. The molecule has 4 aromatic rings. The van der Waals surface area contributed by atoms with Crippen LogP contribution in [0.1, 0.15) is 11.1 Å². The van der Waals surface area contributed by atoms with Gasteiger partial charge in [-0.2, -0.15) is 0 Å². The van der Waals surface area contributed by atoms with Crippen molar-refractivity contribution in [3.05, 3.63) is 95.3 Å². The smallest absolute Gasteiger partial charge is 0.203 e. The van der Waals surface area contributed by atoms with E-state index in [1.54, 1.807) is 0 Å². The Balaban J connectivity index is 1.74. The summed E-state index contributed by atoms with van der Waals surface area (Å²) in [6, 6.07) is 27.0. The number of fused-ring (bicyclic) bond motifs is 4. The Morgan fingerprint density at radius 2 is 1.37 bits per heavy atom. The molecule has 0 aromatic heterocycles. The summed E-state index contributed by atoms with van der Waals surface area (Å²) in [6.45, 7) is -0.158. The Morgan fingerprint density at radius 1 is 0.711 bits per heavy atom. The van der Waals surface area contributed by atoms with Crippen LogP contribution in [0.15, 0.2) is 83.3 Å². The Kier molecular flexibility index (Phi) is 5.90. The lowest BCUT2D eigenvalue weighted by Crippen LogP contribution is -2.21. The van der Waals surface area contributed by atoms with Gasteiger partial charge in [-0.1, -0.05) is 36.4 Å². The highest BCUT2D eigenvalue weighted by Crippen LogP contribution is 2.43. The second-order valence-corrected chi connectivity index (χ2v) is 10.2. The minimum atomic E-state index is -0.0871. The molecular weight excluding hydrogens is 472 g/mol. The van der Waals surface area contributed by atoms with Gasteiger partial charge in [0.1, 0.15) is 25.4 Å². The largest absolute Gasteiger partial charge is 0.456 e. The van der Waals surface area contributed by atoms with Crippen molar-refractivity contribution in [1.29, 1.82) is 0 Å². The van der Waals surface area contributed by atoms with E-state index < -0.39 is 0 Å². The Bertz CT molecular complexity index is 1900. The van der Waals surface area contributed by atoms with Gasteiger partial charge in [0.05, 0.1) is 19.3 Å². The summed E-state index contributed by atoms with van der Waals surface area (Å²) >= 11 is 0. The summed E-state index contributed by atoms with van der Waals surface area (Å²) in [4.78, 5) is 2.07. The third-order valence-corrected chi connectivity index (χ3v) is 7.57. The first-order valence-electron chi connectivity index (χ1n) is 12.8. The Hall–Kier alpha value is -4.19. The average molecular weight is 504 g/mol. The lowest BCUT2D eigenvalue weighted by atomic mass is 9.88. The molecule has 0 saturated heterocycles. The first-order chi connectivity index (χ1) is 18.4. The van der Waals surface area contributed by atoms with Crippen LogP contribution < -0.4 is 14.8 Å². The van der Waals surface area contributed by atoms with Crippen LogP contribution in [0.25, 0.3) is 55.0 Å². The molecule has 5 heteroatoms. The van der Waals surface area contributed by atoms with Crippen molar-refractivity contribution in [2.45, 2.75) is 13.2 Å². The van der Waals surface area contributed by atoms with E-state index in [1.165, 1.54) is 0 Å². The van der Waals surface area contributed by atoms with Crippen molar-refractivity contribution < 1.29 is 14.6 Å². The van der Waals surface area contributed by atoms with E-state index in [0.717, 1.165) is 77.1 Å². The van der Waals surface area contributed by atoms with E-state index in [2.05, 4.69) is 64.1 Å². The van der Waals surface area contributed by atoms with Crippen molar-refractivity contribution in [3.8, 4) is 22.5 Å². The summed E-state index contributed by atoms with van der Waals surface area (Å²) in [5.74, 6) is 0.812. The van der Waals surface area contributed by atoms with Crippen LogP contribution in [0.5, 0.6) is 0 Å². The van der Waals surface area contributed by atoms with Crippen molar-refractivity contribution >= 4 is 38.2 Å². The lowest BCUT2D eigenvalue weighted by Gasteiger charge is -2.19. The first-order valence-corrected chi connectivity index (χ1v) is 12.8. The molecule has 5 nitrogen and oxygen atoms in total. The second kappa shape index (κ2) is 9.28. The summed E-state index contributed by atoms with van der Waals surface area (Å²) in [6.07, 6.45) is 0. The SMILES string of the molecule is CN(C)c1ccc2c(-c3ccc4c(CO)c5ccccc5c(CO)c4c3)c3ccc(=[N+](C)C)cc-3oc2c1. The monoisotopic (exact) mass is 503 g/mol. The van der Waals surface area contributed by atoms with Crippen LogP contribution in [0, 0.1) is 0 Å². The minimum Gasteiger partial charge on any atom is -0.456 e. The molecule has 38 heavy (non-hydrogen) atoms. The molecule has 0 radical (unpaired) electrons. The fourth-order valence-electron chi connectivity index (χ4n) is 5.59. The summed E-state index contributed by atoms with van der Waals surface area (Å²) in [5.41, 5.74) is 6.77. The standard InChI is InChI=1S/C33H31N2O3/c1-34(2)21-10-13-26-31(16-21)38-32-17-22(35(3)4)11-14-27(32)33(26)20-9-12-25-28(15-20)30(19-37)24-8-6-5-7-23(24)29(25)18-36/h5-17,36-37H,18-19H2,1-4H3/q+1. The number of hydrogen-bond acceptors (Lipinski definition) is 4. The zero-order chi connectivity index (χ0) is 26.6. The van der Waals surface area contributed by atoms with E-state index in [0.29, 0.717) is 0 Å².